The van der Waals surface area contributed by atoms with E-state index in [1.807, 2.05) is 30.3 Å². The first-order valence-corrected chi connectivity index (χ1v) is 10.1. The minimum absolute atomic E-state index is 0.170. The zero-order chi connectivity index (χ0) is 21.2. The highest BCUT2D eigenvalue weighted by Gasteiger charge is 2.11. The fraction of sp³-hybridized carbons (Fsp3) is 0.348. The molecule has 0 saturated heterocycles. The molecule has 0 radical (unpaired) electrons. The van der Waals surface area contributed by atoms with Crippen molar-refractivity contribution in [2.24, 2.45) is 0 Å². The Bertz CT molecular complexity index is 1020. The Hall–Kier alpha value is -3.35. The molecule has 1 aromatic heterocycles. The molecule has 158 valence electrons. The van der Waals surface area contributed by atoms with Crippen LogP contribution in [0.4, 0.5) is 0 Å². The number of carbonyl (C=O) groups excluding carboxylic acids is 1. The number of nitrogens with zero attached hydrogens (tertiary/aromatic N) is 1. The van der Waals surface area contributed by atoms with Crippen molar-refractivity contribution in [1.29, 1.82) is 0 Å². The molecule has 3 rings (SSSR count). The van der Waals surface area contributed by atoms with Gasteiger partial charge in [0.2, 0.25) is 0 Å². The lowest BCUT2D eigenvalue weighted by Gasteiger charge is -2.14. The summed E-state index contributed by atoms with van der Waals surface area (Å²) in [4.78, 5) is 30.3. The van der Waals surface area contributed by atoms with Gasteiger partial charge in [0.05, 0.1) is 30.4 Å². The Labute approximate surface area is 175 Å². The monoisotopic (exact) mass is 410 g/mol. The van der Waals surface area contributed by atoms with Crippen LogP contribution in [0, 0.1) is 0 Å². The van der Waals surface area contributed by atoms with Gasteiger partial charge in [0, 0.05) is 12.5 Å². The zero-order valence-electron chi connectivity index (χ0n) is 17.1. The van der Waals surface area contributed by atoms with Crippen molar-refractivity contribution in [2.45, 2.75) is 39.2 Å². The number of unbranched alkanes of at least 4 members (excludes halogenated alkanes) is 2. The number of hydrogen-bond donors (Lipinski definition) is 1. The van der Waals surface area contributed by atoms with Crippen molar-refractivity contribution in [2.75, 3.05) is 13.2 Å². The van der Waals surface area contributed by atoms with Crippen LogP contribution in [0.25, 0.3) is 10.9 Å². The topological polar surface area (TPSA) is 90.5 Å². The average Bonchev–Trinajstić information content (AvgIpc) is 2.76. The van der Waals surface area contributed by atoms with E-state index in [4.69, 9.17) is 14.2 Å². The van der Waals surface area contributed by atoms with Crippen LogP contribution in [0.5, 0.6) is 11.5 Å². The molecule has 0 unspecified atom stereocenters. The summed E-state index contributed by atoms with van der Waals surface area (Å²) in [6, 6.07) is 13.2. The van der Waals surface area contributed by atoms with Gasteiger partial charge < -0.3 is 19.2 Å². The third-order valence-electron chi connectivity index (χ3n) is 4.53. The van der Waals surface area contributed by atoms with Crippen LogP contribution in [0.2, 0.25) is 0 Å². The Morgan fingerprint density at radius 3 is 2.63 bits per heavy atom. The summed E-state index contributed by atoms with van der Waals surface area (Å²) >= 11 is 0. The molecule has 1 heterocycles. The smallest absolute Gasteiger partial charge is 0.305 e. The van der Waals surface area contributed by atoms with Gasteiger partial charge in [0.15, 0.2) is 11.5 Å². The maximum atomic E-state index is 12.1. The molecule has 0 bridgehead atoms. The van der Waals surface area contributed by atoms with Gasteiger partial charge in [-0.15, -0.1) is 0 Å². The maximum Gasteiger partial charge on any atom is 0.305 e. The van der Waals surface area contributed by atoms with Crippen molar-refractivity contribution < 1.29 is 19.0 Å². The van der Waals surface area contributed by atoms with Crippen molar-refractivity contribution in [3.63, 3.8) is 0 Å². The molecule has 7 heteroatoms. The van der Waals surface area contributed by atoms with Crippen LogP contribution in [0.15, 0.2) is 53.6 Å². The first kappa shape index (κ1) is 21.4. The molecule has 1 N–H and O–H groups in total. The summed E-state index contributed by atoms with van der Waals surface area (Å²) in [5.41, 5.74) is 1.35. The predicted molar refractivity (Wildman–Crippen MR) is 114 cm³/mol. The third-order valence-corrected chi connectivity index (χ3v) is 4.53. The Morgan fingerprint density at radius 2 is 1.83 bits per heavy atom. The number of hydrogen-bond acceptors (Lipinski definition) is 6. The lowest BCUT2D eigenvalue weighted by molar-refractivity contribution is -0.143. The molecular formula is C23H26N2O5. The van der Waals surface area contributed by atoms with Crippen LogP contribution >= 0.6 is 0 Å². The fourth-order valence-electron chi connectivity index (χ4n) is 3.00. The zero-order valence-corrected chi connectivity index (χ0v) is 17.1. The number of benzene rings is 2. The highest BCUT2D eigenvalue weighted by molar-refractivity contribution is 5.81. The van der Waals surface area contributed by atoms with Crippen molar-refractivity contribution in [3.05, 3.63) is 64.7 Å². The standard InChI is InChI=1S/C23H26N2O5/c1-2-28-22(26)11-7-4-8-12-29-20-13-18-19(24-16-25-23(18)27)14-21(20)30-15-17-9-5-3-6-10-17/h3,5-6,9-10,13-14,16H,2,4,7-8,11-12,15H2,1H3,(H,24,25,27). The van der Waals surface area contributed by atoms with Crippen LogP contribution in [0.1, 0.15) is 38.2 Å². The van der Waals surface area contributed by atoms with Crippen LogP contribution < -0.4 is 15.0 Å². The second-order valence-corrected chi connectivity index (χ2v) is 6.79. The molecule has 0 aliphatic carbocycles. The number of nitrogens with one attached hydrogen (secondary N) is 1. The Kier molecular flexibility index (Phi) is 7.83. The molecule has 0 aliphatic heterocycles. The van der Waals surface area contributed by atoms with Gasteiger partial charge in [0.1, 0.15) is 6.61 Å². The quantitative estimate of drug-likeness (QED) is 0.379. The number of esters is 1. The summed E-state index contributed by atoms with van der Waals surface area (Å²) < 4.78 is 16.8. The molecular weight excluding hydrogens is 384 g/mol. The molecule has 7 nitrogen and oxygen atoms in total. The van der Waals surface area contributed by atoms with E-state index in [9.17, 15) is 9.59 Å². The van der Waals surface area contributed by atoms with E-state index < -0.39 is 0 Å². The minimum atomic E-state index is -0.228. The summed E-state index contributed by atoms with van der Waals surface area (Å²) in [7, 11) is 0. The number of carbonyl (C=O) groups is 1. The van der Waals surface area contributed by atoms with E-state index in [1.165, 1.54) is 6.33 Å². The number of fused-ring (bicyclic) bond motifs is 1. The number of rotatable bonds is 11. The summed E-state index contributed by atoms with van der Waals surface area (Å²) in [5, 5.41) is 0.446. The van der Waals surface area contributed by atoms with E-state index >= 15 is 0 Å². The second kappa shape index (κ2) is 11.0. The van der Waals surface area contributed by atoms with Gasteiger partial charge in [-0.2, -0.15) is 0 Å². The van der Waals surface area contributed by atoms with E-state index in [0.717, 1.165) is 24.8 Å². The van der Waals surface area contributed by atoms with Gasteiger partial charge in [-0.3, -0.25) is 9.59 Å². The lowest BCUT2D eigenvalue weighted by atomic mass is 10.2. The lowest BCUT2D eigenvalue weighted by Crippen LogP contribution is -2.08. The molecule has 3 aromatic rings. The minimum Gasteiger partial charge on any atom is -0.490 e. The molecule has 0 atom stereocenters. The largest absolute Gasteiger partial charge is 0.490 e. The van der Waals surface area contributed by atoms with E-state index in [1.54, 1.807) is 19.1 Å². The fourth-order valence-corrected chi connectivity index (χ4v) is 3.00. The van der Waals surface area contributed by atoms with Gasteiger partial charge >= 0.3 is 5.97 Å². The number of ether oxygens (including phenoxy) is 3. The van der Waals surface area contributed by atoms with E-state index in [0.29, 0.717) is 48.6 Å². The number of aromatic nitrogens is 2. The summed E-state index contributed by atoms with van der Waals surface area (Å²) in [5.74, 6) is 0.870. The Balaban J connectivity index is 1.64. The van der Waals surface area contributed by atoms with E-state index in [2.05, 4.69) is 9.97 Å². The Morgan fingerprint density at radius 1 is 1.03 bits per heavy atom. The molecule has 0 saturated carbocycles. The van der Waals surface area contributed by atoms with E-state index in [-0.39, 0.29) is 11.5 Å². The highest BCUT2D eigenvalue weighted by Crippen LogP contribution is 2.31. The van der Waals surface area contributed by atoms with Crippen molar-refractivity contribution in [1.82, 2.24) is 9.97 Å². The van der Waals surface area contributed by atoms with Gasteiger partial charge in [-0.25, -0.2) is 4.98 Å². The first-order valence-electron chi connectivity index (χ1n) is 10.1. The molecule has 0 aliphatic rings. The molecule has 0 spiro atoms. The van der Waals surface area contributed by atoms with Crippen molar-refractivity contribution >= 4 is 16.9 Å². The summed E-state index contributed by atoms with van der Waals surface area (Å²) in [6.07, 6.45) is 4.15. The summed E-state index contributed by atoms with van der Waals surface area (Å²) in [6.45, 7) is 3.04. The first-order chi connectivity index (χ1) is 14.7. The van der Waals surface area contributed by atoms with Gasteiger partial charge in [-0.1, -0.05) is 30.3 Å². The van der Waals surface area contributed by atoms with Gasteiger partial charge in [-0.05, 0) is 37.8 Å². The van der Waals surface area contributed by atoms with Crippen LogP contribution in [0.3, 0.4) is 0 Å². The number of aromatic amines is 1. The molecule has 2 aromatic carbocycles. The molecule has 0 fully saturated rings. The van der Waals surface area contributed by atoms with Crippen LogP contribution in [-0.4, -0.2) is 29.2 Å². The van der Waals surface area contributed by atoms with Crippen LogP contribution in [-0.2, 0) is 16.1 Å². The molecule has 0 amide bonds. The SMILES string of the molecule is CCOC(=O)CCCCCOc1cc2c(=O)[nH]cnc2cc1OCc1ccccc1. The maximum absolute atomic E-state index is 12.1. The van der Waals surface area contributed by atoms with Gasteiger partial charge in [0.25, 0.3) is 5.56 Å². The predicted octanol–water partition coefficient (Wildman–Crippen LogP) is 4.00. The van der Waals surface area contributed by atoms with Crippen molar-refractivity contribution in [3.8, 4) is 11.5 Å². The molecule has 30 heavy (non-hydrogen) atoms. The normalized spacial score (nSPS) is 10.7. The number of H-pyrrole nitrogens is 1. The third kappa shape index (κ3) is 6.07. The second-order valence-electron chi connectivity index (χ2n) is 6.79. The highest BCUT2D eigenvalue weighted by atomic mass is 16.5. The average molecular weight is 410 g/mol.